The minimum Gasteiger partial charge on any atom is -0.272 e. The van der Waals surface area contributed by atoms with E-state index in [1.54, 1.807) is 0 Å². The molecule has 0 radical (unpaired) electrons. The van der Waals surface area contributed by atoms with Crippen LogP contribution in [0.25, 0.3) is 0 Å². The number of hydrogen-bond acceptors (Lipinski definition) is 4. The molecule has 0 aliphatic rings. The summed E-state index contributed by atoms with van der Waals surface area (Å²) in [5.74, 6) is 5.64. The standard InChI is InChI=1S/C13H19N5/c1-3-6-18-9-12(8-16-18)13(17-14)11-5-4-10(2)15-7-11/h4-5,7-9,13,17H,3,6,14H2,1-2H3. The predicted octanol–water partition coefficient (Wildman–Crippen LogP) is 1.55. The topological polar surface area (TPSA) is 68.8 Å². The number of nitrogens with two attached hydrogens (primary N) is 1. The Morgan fingerprint density at radius 2 is 2.17 bits per heavy atom. The second-order valence-electron chi connectivity index (χ2n) is 4.37. The molecule has 0 fully saturated rings. The molecule has 0 aliphatic carbocycles. The van der Waals surface area contributed by atoms with Gasteiger partial charge in [0.05, 0.1) is 12.2 Å². The Balaban J connectivity index is 2.24. The fourth-order valence-electron chi connectivity index (χ4n) is 1.91. The second kappa shape index (κ2) is 5.75. The monoisotopic (exact) mass is 245 g/mol. The van der Waals surface area contributed by atoms with Crippen LogP contribution in [0.5, 0.6) is 0 Å². The van der Waals surface area contributed by atoms with Crippen molar-refractivity contribution in [3.8, 4) is 0 Å². The van der Waals surface area contributed by atoms with Gasteiger partial charge in [-0.25, -0.2) is 5.43 Å². The summed E-state index contributed by atoms with van der Waals surface area (Å²) in [5, 5.41) is 4.32. The van der Waals surface area contributed by atoms with Gasteiger partial charge in [0.2, 0.25) is 0 Å². The van der Waals surface area contributed by atoms with Crippen molar-refractivity contribution in [3.63, 3.8) is 0 Å². The van der Waals surface area contributed by atoms with Gasteiger partial charge in [-0.1, -0.05) is 13.0 Å². The lowest BCUT2D eigenvalue weighted by Gasteiger charge is -2.14. The molecule has 2 aromatic heterocycles. The fourth-order valence-corrected chi connectivity index (χ4v) is 1.91. The Kier molecular flexibility index (Phi) is 4.07. The van der Waals surface area contributed by atoms with Crippen molar-refractivity contribution in [2.24, 2.45) is 5.84 Å². The first-order valence-electron chi connectivity index (χ1n) is 6.15. The molecule has 5 nitrogen and oxygen atoms in total. The SMILES string of the molecule is CCCn1cc(C(NN)c2ccc(C)nc2)cn1. The van der Waals surface area contributed by atoms with Crippen LogP contribution in [0.3, 0.4) is 0 Å². The molecular formula is C13H19N5. The third-order valence-corrected chi connectivity index (χ3v) is 2.87. The van der Waals surface area contributed by atoms with Gasteiger partial charge in [0.25, 0.3) is 0 Å². The number of rotatable bonds is 5. The smallest absolute Gasteiger partial charge is 0.0755 e. The van der Waals surface area contributed by atoms with Crippen molar-refractivity contribution in [3.05, 3.63) is 47.5 Å². The van der Waals surface area contributed by atoms with Crippen molar-refractivity contribution in [2.75, 3.05) is 0 Å². The quantitative estimate of drug-likeness (QED) is 0.619. The molecule has 18 heavy (non-hydrogen) atoms. The number of hydrazine groups is 1. The average Bonchev–Trinajstić information content (AvgIpc) is 2.82. The van der Waals surface area contributed by atoms with Gasteiger partial charge in [0, 0.05) is 30.2 Å². The Morgan fingerprint density at radius 3 is 2.78 bits per heavy atom. The van der Waals surface area contributed by atoms with Crippen molar-refractivity contribution in [1.82, 2.24) is 20.2 Å². The van der Waals surface area contributed by atoms with Gasteiger partial charge in [-0.15, -0.1) is 0 Å². The van der Waals surface area contributed by atoms with E-state index in [-0.39, 0.29) is 6.04 Å². The fraction of sp³-hybridized carbons (Fsp3) is 0.385. The van der Waals surface area contributed by atoms with E-state index >= 15 is 0 Å². The zero-order valence-corrected chi connectivity index (χ0v) is 10.8. The van der Waals surface area contributed by atoms with Crippen LogP contribution in [-0.4, -0.2) is 14.8 Å². The van der Waals surface area contributed by atoms with Crippen LogP contribution in [0.2, 0.25) is 0 Å². The largest absolute Gasteiger partial charge is 0.272 e. The molecular weight excluding hydrogens is 226 g/mol. The molecule has 2 heterocycles. The number of aryl methyl sites for hydroxylation is 2. The third kappa shape index (κ3) is 2.75. The maximum Gasteiger partial charge on any atom is 0.0755 e. The summed E-state index contributed by atoms with van der Waals surface area (Å²) in [4.78, 5) is 4.29. The first-order valence-corrected chi connectivity index (χ1v) is 6.15. The maximum atomic E-state index is 5.64. The highest BCUT2D eigenvalue weighted by Gasteiger charge is 2.14. The number of hydrogen-bond donors (Lipinski definition) is 2. The molecule has 0 saturated carbocycles. The summed E-state index contributed by atoms with van der Waals surface area (Å²) >= 11 is 0. The lowest BCUT2D eigenvalue weighted by molar-refractivity contribution is 0.597. The van der Waals surface area contributed by atoms with Crippen LogP contribution in [0.1, 0.15) is 36.2 Å². The Morgan fingerprint density at radius 1 is 1.33 bits per heavy atom. The van der Waals surface area contributed by atoms with Crippen molar-refractivity contribution in [2.45, 2.75) is 32.9 Å². The van der Waals surface area contributed by atoms with Gasteiger partial charge in [-0.2, -0.15) is 5.10 Å². The highest BCUT2D eigenvalue weighted by Crippen LogP contribution is 2.20. The molecule has 0 aliphatic heterocycles. The minimum absolute atomic E-state index is 0.0660. The van der Waals surface area contributed by atoms with Crippen LogP contribution in [0, 0.1) is 6.92 Å². The summed E-state index contributed by atoms with van der Waals surface area (Å²) in [5.41, 5.74) is 5.91. The molecule has 1 unspecified atom stereocenters. The highest BCUT2D eigenvalue weighted by atomic mass is 15.3. The van der Waals surface area contributed by atoms with Gasteiger partial charge in [-0.05, 0) is 25.0 Å². The van der Waals surface area contributed by atoms with Crippen molar-refractivity contribution < 1.29 is 0 Å². The highest BCUT2D eigenvalue weighted by molar-refractivity contribution is 5.27. The zero-order chi connectivity index (χ0) is 13.0. The first kappa shape index (κ1) is 12.7. The number of nitrogens with zero attached hydrogens (tertiary/aromatic N) is 3. The minimum atomic E-state index is -0.0660. The van der Waals surface area contributed by atoms with Crippen LogP contribution in [-0.2, 0) is 6.54 Å². The van der Waals surface area contributed by atoms with E-state index in [0.717, 1.165) is 29.8 Å². The van der Waals surface area contributed by atoms with Crippen molar-refractivity contribution in [1.29, 1.82) is 0 Å². The number of pyridine rings is 1. The lowest BCUT2D eigenvalue weighted by Crippen LogP contribution is -2.28. The molecule has 0 amide bonds. The molecule has 0 spiro atoms. The number of nitrogens with one attached hydrogen (secondary N) is 1. The Bertz CT molecular complexity index is 488. The summed E-state index contributed by atoms with van der Waals surface area (Å²) < 4.78 is 1.93. The first-order chi connectivity index (χ1) is 8.74. The molecule has 0 aromatic carbocycles. The van der Waals surface area contributed by atoms with Gasteiger partial charge >= 0.3 is 0 Å². The predicted molar refractivity (Wildman–Crippen MR) is 70.7 cm³/mol. The Labute approximate surface area is 107 Å². The van der Waals surface area contributed by atoms with Gasteiger partial charge in [-0.3, -0.25) is 15.5 Å². The van der Waals surface area contributed by atoms with Crippen LogP contribution >= 0.6 is 0 Å². The van der Waals surface area contributed by atoms with E-state index in [0.29, 0.717) is 0 Å². The average molecular weight is 245 g/mol. The van der Waals surface area contributed by atoms with E-state index in [1.165, 1.54) is 0 Å². The molecule has 2 aromatic rings. The molecule has 96 valence electrons. The number of aromatic nitrogens is 3. The van der Waals surface area contributed by atoms with Gasteiger partial charge < -0.3 is 0 Å². The van der Waals surface area contributed by atoms with E-state index in [2.05, 4.69) is 22.4 Å². The normalized spacial score (nSPS) is 12.6. The molecule has 2 rings (SSSR count). The maximum absolute atomic E-state index is 5.64. The third-order valence-electron chi connectivity index (χ3n) is 2.87. The van der Waals surface area contributed by atoms with Crippen LogP contribution in [0.15, 0.2) is 30.7 Å². The second-order valence-corrected chi connectivity index (χ2v) is 4.37. The Hall–Kier alpha value is -1.72. The van der Waals surface area contributed by atoms with E-state index in [9.17, 15) is 0 Å². The summed E-state index contributed by atoms with van der Waals surface area (Å²) in [7, 11) is 0. The molecule has 3 N–H and O–H groups in total. The zero-order valence-electron chi connectivity index (χ0n) is 10.8. The molecule has 0 saturated heterocycles. The van der Waals surface area contributed by atoms with E-state index < -0.39 is 0 Å². The lowest BCUT2D eigenvalue weighted by atomic mass is 10.0. The van der Waals surface area contributed by atoms with Crippen LogP contribution in [0.4, 0.5) is 0 Å². The molecule has 1 atom stereocenters. The van der Waals surface area contributed by atoms with Gasteiger partial charge in [0.15, 0.2) is 0 Å². The molecule has 0 bridgehead atoms. The van der Waals surface area contributed by atoms with E-state index in [1.807, 2.05) is 42.3 Å². The van der Waals surface area contributed by atoms with E-state index in [4.69, 9.17) is 5.84 Å². The van der Waals surface area contributed by atoms with Gasteiger partial charge in [0.1, 0.15) is 0 Å². The van der Waals surface area contributed by atoms with Crippen LogP contribution < -0.4 is 11.3 Å². The molecule has 5 heteroatoms. The van der Waals surface area contributed by atoms with Crippen molar-refractivity contribution >= 4 is 0 Å². The summed E-state index contributed by atoms with van der Waals surface area (Å²) in [6, 6.07) is 3.95. The summed E-state index contributed by atoms with van der Waals surface area (Å²) in [6.45, 7) is 5.02. The summed E-state index contributed by atoms with van der Waals surface area (Å²) in [6.07, 6.45) is 6.78.